The maximum Gasteiger partial charge on any atom is 0.138 e. The van der Waals surface area contributed by atoms with Gasteiger partial charge in [0.2, 0.25) is 0 Å². The number of halogens is 3. The van der Waals surface area contributed by atoms with Crippen molar-refractivity contribution in [2.24, 2.45) is 15.0 Å². The Morgan fingerprint density at radius 3 is 1.11 bits per heavy atom. The van der Waals surface area contributed by atoms with E-state index in [1.165, 1.54) is 0 Å². The number of hydrogen-bond donors (Lipinski definition) is 3. The predicted octanol–water partition coefficient (Wildman–Crippen LogP) is 11.5. The monoisotopic (exact) mass is 992 g/mol. The molecule has 3 saturated heterocycles. The van der Waals surface area contributed by atoms with Crippen LogP contribution in [0.25, 0.3) is 0 Å². The first-order valence-corrected chi connectivity index (χ1v) is 25.2. The lowest BCUT2D eigenvalue weighted by atomic mass is 10.1. The van der Waals surface area contributed by atoms with Gasteiger partial charge in [0.25, 0.3) is 0 Å². The van der Waals surface area contributed by atoms with E-state index in [0.29, 0.717) is 10.0 Å². The minimum atomic E-state index is 0.706. The third kappa shape index (κ3) is 10.6. The van der Waals surface area contributed by atoms with Crippen LogP contribution in [-0.2, 0) is 0 Å². The van der Waals surface area contributed by atoms with Crippen molar-refractivity contribution in [3.63, 3.8) is 0 Å². The van der Waals surface area contributed by atoms with Gasteiger partial charge >= 0.3 is 0 Å². The quantitative estimate of drug-likeness (QED) is 0.138. The molecule has 0 amide bonds. The summed E-state index contributed by atoms with van der Waals surface area (Å²) in [5.41, 5.74) is 13.5. The van der Waals surface area contributed by atoms with Gasteiger partial charge < -0.3 is 45.3 Å². The van der Waals surface area contributed by atoms with E-state index >= 15 is 0 Å². The minimum absolute atomic E-state index is 0.706. The van der Waals surface area contributed by atoms with Gasteiger partial charge in [-0.3, -0.25) is 0 Å². The second kappa shape index (κ2) is 21.1. The highest BCUT2D eigenvalue weighted by molar-refractivity contribution is 6.32. The number of nitrogens with zero attached hydrogens (tertiary/aromatic N) is 9. The Kier molecular flexibility index (Phi) is 14.3. The number of amidine groups is 3. The van der Waals surface area contributed by atoms with Gasteiger partial charge in [0, 0.05) is 127 Å². The molecule has 0 unspecified atom stereocenters. The van der Waals surface area contributed by atoms with Crippen LogP contribution in [-0.4, -0.2) is 147 Å². The number of para-hydroxylation sites is 3. The highest BCUT2D eigenvalue weighted by Gasteiger charge is 2.27. The lowest BCUT2D eigenvalue weighted by Gasteiger charge is -2.34. The maximum absolute atomic E-state index is 6.28. The minimum Gasteiger partial charge on any atom is -0.353 e. The van der Waals surface area contributed by atoms with E-state index in [4.69, 9.17) is 49.8 Å². The van der Waals surface area contributed by atoms with Crippen LogP contribution in [0.1, 0.15) is 22.3 Å². The molecule has 0 aromatic heterocycles. The van der Waals surface area contributed by atoms with Crippen LogP contribution in [0.15, 0.2) is 136 Å². The fraction of sp³-hybridized carbons (Fsp3) is 0.291. The smallest absolute Gasteiger partial charge is 0.138 e. The number of piperazine rings is 3. The highest BCUT2D eigenvalue weighted by atomic mass is 35.5. The molecule has 6 aromatic rings. The molecule has 15 heteroatoms. The third-order valence-corrected chi connectivity index (χ3v) is 14.3. The van der Waals surface area contributed by atoms with Crippen LogP contribution in [0.3, 0.4) is 0 Å². The van der Waals surface area contributed by atoms with Crippen LogP contribution >= 0.6 is 34.8 Å². The second-order valence-corrected chi connectivity index (χ2v) is 19.9. The van der Waals surface area contributed by atoms with E-state index in [1.54, 1.807) is 0 Å². The largest absolute Gasteiger partial charge is 0.353 e. The van der Waals surface area contributed by atoms with Crippen molar-refractivity contribution in [1.29, 1.82) is 0 Å². The van der Waals surface area contributed by atoms with E-state index in [-0.39, 0.29) is 0 Å². The Labute approximate surface area is 426 Å². The normalized spacial score (nSPS) is 17.6. The van der Waals surface area contributed by atoms with Crippen LogP contribution in [0.2, 0.25) is 15.1 Å². The molecule has 360 valence electrons. The Morgan fingerprint density at radius 1 is 0.371 bits per heavy atom. The van der Waals surface area contributed by atoms with Crippen molar-refractivity contribution < 1.29 is 0 Å². The molecule has 70 heavy (non-hydrogen) atoms. The van der Waals surface area contributed by atoms with Gasteiger partial charge in [-0.25, -0.2) is 15.0 Å². The standard InChI is InChI=1S/C19H21ClN4.2C18H19ClN4/c1-13-11-14(20)12-17-18(13)21-16-6-4-3-5-15(16)19(22-17)24-9-7-23(2)8-10-24;2*1-22-8-10-23(11-9-22)18-14-4-2-3-5-15(14)20-16-7-6-13(19)12-17(16)21-18/h3-6,11-12,21H,7-10H2,1-2H3;2*2-7,12,20H,8-11H2,1H3. The maximum atomic E-state index is 6.28. The van der Waals surface area contributed by atoms with E-state index in [2.05, 4.69) is 134 Å². The van der Waals surface area contributed by atoms with Crippen LogP contribution in [0.5, 0.6) is 0 Å². The first-order valence-electron chi connectivity index (χ1n) is 24.1. The fourth-order valence-corrected chi connectivity index (χ4v) is 10.1. The molecule has 3 fully saturated rings. The average molecular weight is 995 g/mol. The number of aliphatic imine (C=N–C) groups is 3. The lowest BCUT2D eigenvalue weighted by Crippen LogP contribution is -2.47. The summed E-state index contributed by atoms with van der Waals surface area (Å²) in [7, 11) is 6.49. The molecule has 3 N–H and O–H groups in total. The topological polar surface area (TPSA) is 92.6 Å². The zero-order valence-electron chi connectivity index (χ0n) is 40.2. The van der Waals surface area contributed by atoms with Crippen LogP contribution in [0, 0.1) is 6.92 Å². The van der Waals surface area contributed by atoms with Crippen molar-refractivity contribution in [2.75, 3.05) is 116 Å². The Morgan fingerprint density at radius 2 is 0.714 bits per heavy atom. The average Bonchev–Trinajstić information content (AvgIpc) is 3.72. The fourth-order valence-electron chi connectivity index (χ4n) is 9.47. The van der Waals surface area contributed by atoms with Gasteiger partial charge in [-0.1, -0.05) is 71.2 Å². The van der Waals surface area contributed by atoms with Gasteiger partial charge in [-0.15, -0.1) is 0 Å². The van der Waals surface area contributed by atoms with Crippen LogP contribution < -0.4 is 16.0 Å². The molecule has 12 rings (SSSR count). The first-order chi connectivity index (χ1) is 34.0. The highest BCUT2D eigenvalue weighted by Crippen LogP contribution is 2.41. The lowest BCUT2D eigenvalue weighted by molar-refractivity contribution is 0.216. The molecular formula is C55H59Cl3N12. The second-order valence-electron chi connectivity index (χ2n) is 18.6. The number of aryl methyl sites for hydroxylation is 1. The molecule has 0 bridgehead atoms. The summed E-state index contributed by atoms with van der Waals surface area (Å²) >= 11 is 18.6. The summed E-state index contributed by atoms with van der Waals surface area (Å²) in [4.78, 5) is 29.1. The summed E-state index contributed by atoms with van der Waals surface area (Å²) in [6, 6.07) is 40.6. The number of hydrogen-bond acceptors (Lipinski definition) is 12. The molecule has 6 heterocycles. The number of likely N-dealkylation sites (N-methyl/N-ethyl adjacent to an activating group) is 3. The summed E-state index contributed by atoms with van der Waals surface area (Å²) in [5.74, 6) is 3.09. The van der Waals surface area contributed by atoms with E-state index in [9.17, 15) is 0 Å². The summed E-state index contributed by atoms with van der Waals surface area (Å²) < 4.78 is 0. The number of benzene rings is 6. The zero-order valence-corrected chi connectivity index (χ0v) is 42.5. The molecule has 6 aliphatic rings. The molecule has 0 saturated carbocycles. The van der Waals surface area contributed by atoms with Gasteiger partial charge in [-0.05, 0) is 119 Å². The van der Waals surface area contributed by atoms with Gasteiger partial charge in [0.15, 0.2) is 0 Å². The zero-order chi connectivity index (χ0) is 48.3. The van der Waals surface area contributed by atoms with Crippen molar-refractivity contribution in [3.05, 3.63) is 159 Å². The van der Waals surface area contributed by atoms with E-state index in [0.717, 1.165) is 175 Å². The molecule has 0 spiro atoms. The van der Waals surface area contributed by atoms with Gasteiger partial charge in [-0.2, -0.15) is 0 Å². The Balaban J connectivity index is 0.000000122. The predicted molar refractivity (Wildman–Crippen MR) is 294 cm³/mol. The van der Waals surface area contributed by atoms with E-state index < -0.39 is 0 Å². The number of nitrogens with one attached hydrogen (secondary N) is 3. The molecule has 0 aliphatic carbocycles. The van der Waals surface area contributed by atoms with Crippen molar-refractivity contribution in [1.82, 2.24) is 29.4 Å². The molecule has 0 atom stereocenters. The molecular weight excluding hydrogens is 935 g/mol. The number of fused-ring (bicyclic) bond motifs is 6. The van der Waals surface area contributed by atoms with E-state index in [1.807, 2.05) is 60.7 Å². The summed E-state index contributed by atoms with van der Waals surface area (Å²) in [5, 5.41) is 12.7. The molecule has 0 radical (unpaired) electrons. The molecule has 6 aliphatic heterocycles. The van der Waals surface area contributed by atoms with Gasteiger partial charge in [0.1, 0.15) is 17.5 Å². The SMILES string of the molecule is CN1CCN(C2=Nc3cc(Cl)ccc3Nc3ccccc32)CC1.CN1CCN(C2=Nc3cc(Cl)ccc3Nc3ccccc32)CC1.Cc1cc(Cl)cc2c1Nc1ccccc1C(N1CCN(C)CC1)=N2. The Bertz CT molecular complexity index is 2840. The summed E-state index contributed by atoms with van der Waals surface area (Å²) in [6.45, 7) is 14.3. The number of anilines is 6. The van der Waals surface area contributed by atoms with Crippen molar-refractivity contribution >= 4 is 103 Å². The van der Waals surface area contributed by atoms with Crippen LogP contribution in [0.4, 0.5) is 51.2 Å². The van der Waals surface area contributed by atoms with Gasteiger partial charge in [0.05, 0.1) is 34.1 Å². The first kappa shape index (κ1) is 47.6. The number of rotatable bonds is 0. The van der Waals surface area contributed by atoms with Crippen molar-refractivity contribution in [2.45, 2.75) is 6.92 Å². The third-order valence-electron chi connectivity index (χ3n) is 13.6. The summed E-state index contributed by atoms with van der Waals surface area (Å²) in [6.07, 6.45) is 0. The Hall–Kier alpha value is -6.12. The molecule has 12 nitrogen and oxygen atoms in total. The molecule has 6 aromatic carbocycles. The van der Waals surface area contributed by atoms with Crippen molar-refractivity contribution in [3.8, 4) is 0 Å².